The maximum atomic E-state index is 13.0. The van der Waals surface area contributed by atoms with Gasteiger partial charge in [0.15, 0.2) is 11.5 Å². The van der Waals surface area contributed by atoms with E-state index in [1.54, 1.807) is 0 Å². The van der Waals surface area contributed by atoms with Crippen LogP contribution in [-0.4, -0.2) is 64.3 Å². The molecule has 10 nitrogen and oxygen atoms in total. The first-order valence-corrected chi connectivity index (χ1v) is 11.8. The van der Waals surface area contributed by atoms with Crippen LogP contribution in [0.1, 0.15) is 39.4 Å². The topological polar surface area (TPSA) is 129 Å². The molecule has 3 heterocycles. The van der Waals surface area contributed by atoms with Crippen LogP contribution in [0.2, 0.25) is 0 Å². The van der Waals surface area contributed by atoms with Gasteiger partial charge in [0.1, 0.15) is 10.8 Å². The maximum Gasteiger partial charge on any atom is 0.271 e. The number of primary amides is 1. The monoisotopic (exact) mass is 516 g/mol. The number of rotatable bonds is 7. The lowest BCUT2D eigenvalue weighted by atomic mass is 10.0. The SMILES string of the molecule is Cc1cc(Nc2nc(N[C@@H]3CCCN(C(=O)c4ccc(N(C)C)cc4)C3)cnc2C(N)=O)sn1.Cl. The minimum Gasteiger partial charge on any atom is -0.378 e. The maximum absolute atomic E-state index is 13.0. The predicted molar refractivity (Wildman–Crippen MR) is 141 cm³/mol. The van der Waals surface area contributed by atoms with E-state index in [2.05, 4.69) is 25.0 Å². The Morgan fingerprint density at radius 2 is 1.97 bits per heavy atom. The summed E-state index contributed by atoms with van der Waals surface area (Å²) >= 11 is 1.26. The van der Waals surface area contributed by atoms with Crippen LogP contribution in [0, 0.1) is 6.92 Å². The van der Waals surface area contributed by atoms with Crippen LogP contribution in [0.15, 0.2) is 36.5 Å². The van der Waals surface area contributed by atoms with E-state index < -0.39 is 5.91 Å². The molecule has 1 aliphatic heterocycles. The van der Waals surface area contributed by atoms with E-state index in [1.165, 1.54) is 17.7 Å². The summed E-state index contributed by atoms with van der Waals surface area (Å²) in [6.45, 7) is 3.13. The molecule has 0 radical (unpaired) electrons. The molecular weight excluding hydrogens is 488 g/mol. The molecule has 1 aromatic carbocycles. The van der Waals surface area contributed by atoms with E-state index in [-0.39, 0.29) is 35.9 Å². The lowest BCUT2D eigenvalue weighted by molar-refractivity contribution is 0.0714. The second-order valence-corrected chi connectivity index (χ2v) is 9.26. The zero-order valence-corrected chi connectivity index (χ0v) is 21.4. The molecule has 1 fully saturated rings. The summed E-state index contributed by atoms with van der Waals surface area (Å²) in [5.41, 5.74) is 8.11. The van der Waals surface area contributed by atoms with Crippen molar-refractivity contribution < 1.29 is 9.59 Å². The molecule has 12 heteroatoms. The van der Waals surface area contributed by atoms with Gasteiger partial charge in [-0.2, -0.15) is 4.37 Å². The third-order valence-electron chi connectivity index (χ3n) is 5.57. The second-order valence-electron chi connectivity index (χ2n) is 8.45. The predicted octanol–water partition coefficient (Wildman–Crippen LogP) is 3.29. The quantitative estimate of drug-likeness (QED) is 0.436. The fraction of sp³-hybridized carbons (Fsp3) is 0.348. The normalized spacial score (nSPS) is 15.2. The van der Waals surface area contributed by atoms with E-state index in [9.17, 15) is 9.59 Å². The molecule has 1 atom stereocenters. The number of amides is 2. The largest absolute Gasteiger partial charge is 0.378 e. The molecule has 35 heavy (non-hydrogen) atoms. The van der Waals surface area contributed by atoms with Crippen molar-refractivity contribution in [3.05, 3.63) is 53.5 Å². The number of nitrogens with zero attached hydrogens (tertiary/aromatic N) is 5. The Kier molecular flexibility index (Phi) is 8.47. The molecule has 0 spiro atoms. The molecule has 1 saturated heterocycles. The molecule has 0 saturated carbocycles. The highest BCUT2D eigenvalue weighted by atomic mass is 35.5. The molecule has 0 aliphatic carbocycles. The lowest BCUT2D eigenvalue weighted by Gasteiger charge is -2.33. The number of piperidine rings is 1. The van der Waals surface area contributed by atoms with E-state index in [1.807, 2.05) is 61.2 Å². The van der Waals surface area contributed by atoms with E-state index in [0.717, 1.165) is 29.2 Å². The number of carbonyl (C=O) groups is 2. The number of nitrogens with two attached hydrogens (primary N) is 1. The van der Waals surface area contributed by atoms with Crippen molar-refractivity contribution in [2.24, 2.45) is 5.73 Å². The number of halogens is 1. The first kappa shape index (κ1) is 26.2. The number of hydrogen-bond acceptors (Lipinski definition) is 9. The summed E-state index contributed by atoms with van der Waals surface area (Å²) in [7, 11) is 3.94. The number of hydrogen-bond donors (Lipinski definition) is 3. The van der Waals surface area contributed by atoms with Crippen molar-refractivity contribution >= 4 is 58.1 Å². The number of aromatic nitrogens is 3. The minimum absolute atomic E-state index is 0. The summed E-state index contributed by atoms with van der Waals surface area (Å²) < 4.78 is 4.23. The fourth-order valence-electron chi connectivity index (χ4n) is 3.84. The van der Waals surface area contributed by atoms with Crippen LogP contribution < -0.4 is 21.3 Å². The van der Waals surface area contributed by atoms with Gasteiger partial charge in [0.2, 0.25) is 0 Å². The zero-order valence-electron chi connectivity index (χ0n) is 19.8. The smallest absolute Gasteiger partial charge is 0.271 e. The van der Waals surface area contributed by atoms with Gasteiger partial charge in [0, 0.05) is 44.5 Å². The van der Waals surface area contributed by atoms with Crippen molar-refractivity contribution in [3.63, 3.8) is 0 Å². The summed E-state index contributed by atoms with van der Waals surface area (Å²) in [4.78, 5) is 37.5. The van der Waals surface area contributed by atoms with Gasteiger partial charge in [-0.15, -0.1) is 12.4 Å². The summed E-state index contributed by atoms with van der Waals surface area (Å²) in [5.74, 6) is 0.113. The highest BCUT2D eigenvalue weighted by Gasteiger charge is 2.25. The van der Waals surface area contributed by atoms with Crippen LogP contribution in [0.4, 0.5) is 22.3 Å². The van der Waals surface area contributed by atoms with Crippen molar-refractivity contribution in [1.29, 1.82) is 0 Å². The van der Waals surface area contributed by atoms with Crippen molar-refractivity contribution in [2.75, 3.05) is 42.7 Å². The van der Waals surface area contributed by atoms with Gasteiger partial charge in [-0.1, -0.05) is 0 Å². The standard InChI is InChI=1S/C23H28N8O2S.ClH/c1-14-11-19(34-29-14)28-22-20(21(24)32)25-12-18(27-22)26-16-5-4-10-31(13-16)23(33)15-6-8-17(9-7-15)30(2)3;/h6-9,11-12,16H,4-5,10,13H2,1-3H3,(H2,24,32)(H2,26,27,28);1H/t16-;/m1./s1. The summed E-state index contributed by atoms with van der Waals surface area (Å²) in [6, 6.07) is 9.48. The summed E-state index contributed by atoms with van der Waals surface area (Å²) in [5, 5.41) is 7.18. The average Bonchev–Trinajstić information content (AvgIpc) is 3.23. The first-order chi connectivity index (χ1) is 16.3. The van der Waals surface area contributed by atoms with Gasteiger partial charge >= 0.3 is 0 Å². The number of carbonyl (C=O) groups excluding carboxylic acids is 2. The molecule has 2 aromatic heterocycles. The highest BCUT2D eigenvalue weighted by Crippen LogP contribution is 2.24. The highest BCUT2D eigenvalue weighted by molar-refractivity contribution is 7.10. The second kappa shape index (κ2) is 11.3. The van der Waals surface area contributed by atoms with Gasteiger partial charge in [-0.05, 0) is 61.6 Å². The Morgan fingerprint density at radius 1 is 1.23 bits per heavy atom. The molecule has 0 unspecified atom stereocenters. The van der Waals surface area contributed by atoms with Gasteiger partial charge in [0.25, 0.3) is 11.8 Å². The van der Waals surface area contributed by atoms with Gasteiger partial charge in [-0.25, -0.2) is 9.97 Å². The minimum atomic E-state index is -0.669. The third kappa shape index (κ3) is 6.37. The Balaban J connectivity index is 0.00000342. The number of anilines is 4. The molecule has 4 rings (SSSR count). The van der Waals surface area contributed by atoms with E-state index in [4.69, 9.17) is 5.73 Å². The van der Waals surface area contributed by atoms with Crippen molar-refractivity contribution in [1.82, 2.24) is 19.2 Å². The number of aryl methyl sites for hydroxylation is 1. The molecule has 2 amide bonds. The van der Waals surface area contributed by atoms with Gasteiger partial charge in [0.05, 0.1) is 11.9 Å². The van der Waals surface area contributed by atoms with Crippen LogP contribution in [0.5, 0.6) is 0 Å². The molecular formula is C23H29ClN8O2S. The first-order valence-electron chi connectivity index (χ1n) is 11.0. The molecule has 3 aromatic rings. The molecule has 0 bridgehead atoms. The Labute approximate surface area is 214 Å². The van der Waals surface area contributed by atoms with Crippen LogP contribution >= 0.6 is 23.9 Å². The van der Waals surface area contributed by atoms with Gasteiger partial charge < -0.3 is 26.2 Å². The summed E-state index contributed by atoms with van der Waals surface area (Å²) in [6.07, 6.45) is 3.25. The lowest BCUT2D eigenvalue weighted by Crippen LogP contribution is -2.45. The van der Waals surface area contributed by atoms with E-state index in [0.29, 0.717) is 24.5 Å². The van der Waals surface area contributed by atoms with Crippen molar-refractivity contribution in [3.8, 4) is 0 Å². The number of likely N-dealkylation sites (tertiary alicyclic amines) is 1. The Hall–Kier alpha value is -3.44. The Bertz CT molecular complexity index is 1180. The van der Waals surface area contributed by atoms with E-state index >= 15 is 0 Å². The zero-order chi connectivity index (χ0) is 24.2. The van der Waals surface area contributed by atoms with Crippen LogP contribution in [0.25, 0.3) is 0 Å². The fourth-order valence-corrected chi connectivity index (χ4v) is 4.50. The van der Waals surface area contributed by atoms with Crippen molar-refractivity contribution in [2.45, 2.75) is 25.8 Å². The molecule has 1 aliphatic rings. The molecule has 186 valence electrons. The Morgan fingerprint density at radius 3 is 2.60 bits per heavy atom. The van der Waals surface area contributed by atoms with Crippen LogP contribution in [0.3, 0.4) is 0 Å². The number of benzene rings is 1. The number of nitrogens with one attached hydrogen (secondary N) is 2. The van der Waals surface area contributed by atoms with Crippen LogP contribution in [-0.2, 0) is 0 Å². The third-order valence-corrected chi connectivity index (χ3v) is 6.36. The average molecular weight is 517 g/mol. The van der Waals surface area contributed by atoms with Gasteiger partial charge in [-0.3, -0.25) is 9.59 Å². The molecule has 4 N–H and O–H groups in total.